The van der Waals surface area contributed by atoms with Crippen molar-refractivity contribution in [1.29, 1.82) is 0 Å². The summed E-state index contributed by atoms with van der Waals surface area (Å²) in [5.74, 6) is 0. The van der Waals surface area contributed by atoms with Crippen molar-refractivity contribution in [2.45, 2.75) is 0 Å². The van der Waals surface area contributed by atoms with Crippen LogP contribution in [0, 0.1) is 0 Å². The first-order chi connectivity index (χ1) is 3.00. The Kier molecular flexibility index (Phi) is 1.37. The predicted octanol–water partition coefficient (Wildman–Crippen LogP) is 0.395. The van der Waals surface area contributed by atoms with E-state index >= 15 is 0 Å². The molecule has 0 fully saturated rings. The summed E-state index contributed by atoms with van der Waals surface area (Å²) in [5.41, 5.74) is 0. The highest BCUT2D eigenvalue weighted by Gasteiger charge is 1.85. The minimum atomic E-state index is -0.259. The molecule has 1 aliphatic heterocycles. The third-order valence-electron chi connectivity index (χ3n) is 0.614. The van der Waals surface area contributed by atoms with Crippen LogP contribution in [0.5, 0.6) is 0 Å². The van der Waals surface area contributed by atoms with Gasteiger partial charge in [-0.3, -0.25) is 0 Å². The molecule has 0 atom stereocenters. The first-order valence-electron chi connectivity index (χ1n) is 1.93. The van der Waals surface area contributed by atoms with Crippen molar-refractivity contribution in [3.05, 3.63) is 23.4 Å². The van der Waals surface area contributed by atoms with Crippen molar-refractivity contribution < 1.29 is 3.79 Å². The van der Waals surface area contributed by atoms with Crippen LogP contribution in [0.1, 0.15) is 0 Å². The molecule has 0 bridgehead atoms. The van der Waals surface area contributed by atoms with Crippen molar-refractivity contribution in [3.8, 4) is 0 Å². The molecule has 0 amide bonds. The fourth-order valence-corrected chi connectivity index (χ4v) is 0.948. The van der Waals surface area contributed by atoms with Gasteiger partial charge in [0.05, 0.1) is 0 Å². The highest BCUT2D eigenvalue weighted by molar-refractivity contribution is 6.34. The second-order valence-corrected chi connectivity index (χ2v) is 2.23. The third-order valence-corrected chi connectivity index (χ3v) is 1.46. The molecule has 0 aromatic carbocycles. The number of rotatable bonds is 0. The average molecular weight is 96.1 g/mol. The minimum absolute atomic E-state index is 0.259. The minimum Gasteiger partial charge on any atom is -0.647 e. The molecule has 0 spiro atoms. The highest BCUT2D eigenvalue weighted by atomic mass is 27.1. The maximum atomic E-state index is 4.94. The quantitative estimate of drug-likeness (QED) is 0.396. The fraction of sp³-hybridized carbons (Fsp3) is 0. The molecule has 1 aliphatic rings. The monoisotopic (exact) mass is 96.0 g/mol. The van der Waals surface area contributed by atoms with E-state index in [1.54, 1.807) is 6.26 Å². The van der Waals surface area contributed by atoms with Crippen LogP contribution >= 0.6 is 0 Å². The summed E-state index contributed by atoms with van der Waals surface area (Å²) in [5, 5.41) is 0. The summed E-state index contributed by atoms with van der Waals surface area (Å²) in [7, 11) is 0. The van der Waals surface area contributed by atoms with Gasteiger partial charge in [0.15, 0.2) is 0 Å². The van der Waals surface area contributed by atoms with Gasteiger partial charge in [0.2, 0.25) is 0 Å². The van der Waals surface area contributed by atoms with E-state index in [-0.39, 0.29) is 15.6 Å². The molecule has 2 heteroatoms. The average Bonchev–Trinajstić information content (AvgIpc) is 1.72. The number of allylic oxidation sites excluding steroid dienone is 2. The maximum Gasteiger partial charge on any atom is 0.555 e. The van der Waals surface area contributed by atoms with E-state index in [1.165, 1.54) is 0 Å². The Morgan fingerprint density at radius 2 is 2.33 bits per heavy atom. The molecular weight excluding hydrogens is 91.0 g/mol. The van der Waals surface area contributed by atoms with E-state index in [2.05, 4.69) is 4.94 Å². The molecule has 0 aliphatic carbocycles. The Bertz CT molecular complexity index is 73.5. The van der Waals surface area contributed by atoms with Crippen LogP contribution in [-0.4, -0.2) is 15.6 Å². The van der Waals surface area contributed by atoms with Gasteiger partial charge in [-0.05, 0) is 6.08 Å². The Morgan fingerprint density at radius 3 is 2.50 bits per heavy atom. The Hall–Kier alpha value is -0.188. The van der Waals surface area contributed by atoms with Crippen LogP contribution in [0.4, 0.5) is 0 Å². The first-order valence-corrected chi connectivity index (χ1v) is 3.33. The second-order valence-electron chi connectivity index (χ2n) is 1.09. The summed E-state index contributed by atoms with van der Waals surface area (Å²) in [6.45, 7) is 0. The van der Waals surface area contributed by atoms with E-state index in [9.17, 15) is 0 Å². The fourth-order valence-electron chi connectivity index (χ4n) is 0.346. The van der Waals surface area contributed by atoms with Crippen LogP contribution in [-0.2, 0) is 3.79 Å². The lowest BCUT2D eigenvalue weighted by atomic mass is 10.6. The second kappa shape index (κ2) is 2.07. The van der Waals surface area contributed by atoms with Crippen LogP contribution in [0.25, 0.3) is 0 Å². The Morgan fingerprint density at radius 1 is 1.33 bits per heavy atom. The molecule has 1 heterocycles. The normalized spacial score (nSPS) is 16.0. The van der Waals surface area contributed by atoms with Crippen LogP contribution in [0.3, 0.4) is 0 Å². The molecule has 0 aromatic rings. The SMILES string of the molecule is C1=C[O][AlH][CH]=C1. The third kappa shape index (κ3) is 0.893. The largest absolute Gasteiger partial charge is 0.647 e. The topological polar surface area (TPSA) is 9.23 Å². The Labute approximate surface area is 43.4 Å². The van der Waals surface area contributed by atoms with Crippen LogP contribution < -0.4 is 0 Å². The van der Waals surface area contributed by atoms with E-state index in [1.807, 2.05) is 12.2 Å². The maximum absolute atomic E-state index is 4.94. The van der Waals surface area contributed by atoms with E-state index in [4.69, 9.17) is 3.79 Å². The van der Waals surface area contributed by atoms with Crippen molar-refractivity contribution in [2.24, 2.45) is 0 Å². The van der Waals surface area contributed by atoms with Crippen molar-refractivity contribution in [2.75, 3.05) is 0 Å². The smallest absolute Gasteiger partial charge is 0.555 e. The first kappa shape index (κ1) is 3.98. The molecule has 1 rings (SSSR count). The lowest BCUT2D eigenvalue weighted by molar-refractivity contribution is 0.520. The van der Waals surface area contributed by atoms with Crippen molar-refractivity contribution in [1.82, 2.24) is 0 Å². The van der Waals surface area contributed by atoms with Crippen molar-refractivity contribution in [3.63, 3.8) is 0 Å². The Balaban J connectivity index is 2.46. The van der Waals surface area contributed by atoms with Gasteiger partial charge in [-0.25, -0.2) is 0 Å². The molecular formula is C4H5AlO. The zero-order chi connectivity index (χ0) is 4.24. The summed E-state index contributed by atoms with van der Waals surface area (Å²) in [6, 6.07) is 0. The van der Waals surface area contributed by atoms with Crippen LogP contribution in [0.2, 0.25) is 0 Å². The van der Waals surface area contributed by atoms with E-state index in [0.29, 0.717) is 0 Å². The molecule has 0 N–H and O–H groups in total. The van der Waals surface area contributed by atoms with Gasteiger partial charge >= 0.3 is 15.6 Å². The summed E-state index contributed by atoms with van der Waals surface area (Å²) in [4.78, 5) is 2.10. The van der Waals surface area contributed by atoms with Gasteiger partial charge in [0.25, 0.3) is 0 Å². The van der Waals surface area contributed by atoms with Gasteiger partial charge in [0.1, 0.15) is 0 Å². The van der Waals surface area contributed by atoms with E-state index in [0.717, 1.165) is 0 Å². The van der Waals surface area contributed by atoms with Gasteiger partial charge in [-0.15, -0.1) is 4.94 Å². The number of hydrogen-bond donors (Lipinski definition) is 0. The molecule has 0 saturated heterocycles. The molecule has 6 heavy (non-hydrogen) atoms. The number of hydrogen-bond acceptors (Lipinski definition) is 1. The zero-order valence-corrected chi connectivity index (χ0v) is 4.84. The highest BCUT2D eigenvalue weighted by Crippen LogP contribution is 1.84. The molecule has 0 saturated carbocycles. The van der Waals surface area contributed by atoms with Gasteiger partial charge < -0.3 is 3.79 Å². The molecule has 0 aromatic heterocycles. The summed E-state index contributed by atoms with van der Waals surface area (Å²) >= 11 is -0.259. The summed E-state index contributed by atoms with van der Waals surface area (Å²) < 4.78 is 4.94. The van der Waals surface area contributed by atoms with Crippen molar-refractivity contribution >= 4 is 15.6 Å². The molecule has 0 unspecified atom stereocenters. The van der Waals surface area contributed by atoms with Gasteiger partial charge in [0, 0.05) is 6.26 Å². The summed E-state index contributed by atoms with van der Waals surface area (Å²) in [6.07, 6.45) is 5.67. The predicted molar refractivity (Wildman–Crippen MR) is 26.5 cm³/mol. The molecule has 1 nitrogen and oxygen atoms in total. The lowest BCUT2D eigenvalue weighted by Crippen LogP contribution is -1.88. The van der Waals surface area contributed by atoms with Gasteiger partial charge in [-0.1, -0.05) is 6.08 Å². The van der Waals surface area contributed by atoms with Crippen LogP contribution in [0.15, 0.2) is 23.4 Å². The lowest BCUT2D eigenvalue weighted by Gasteiger charge is -1.93. The van der Waals surface area contributed by atoms with E-state index < -0.39 is 0 Å². The molecule has 30 valence electrons. The zero-order valence-electron chi connectivity index (χ0n) is 3.42. The standard InChI is InChI=1S/C4H5O.Al.H/c1-2-3-4-5;;/h1-5H;;/q;+1;/p-1. The molecule has 0 radical (unpaired) electrons. The van der Waals surface area contributed by atoms with Gasteiger partial charge in [-0.2, -0.15) is 0 Å².